The molecule has 0 bridgehead atoms. The van der Waals surface area contributed by atoms with Crippen LogP contribution in [0, 0.1) is 5.82 Å². The highest BCUT2D eigenvalue weighted by molar-refractivity contribution is 5.81. The first-order chi connectivity index (χ1) is 10.8. The van der Waals surface area contributed by atoms with E-state index in [1.165, 1.54) is 6.07 Å². The molecule has 0 aliphatic carbocycles. The van der Waals surface area contributed by atoms with Gasteiger partial charge in [-0.1, -0.05) is 42.5 Å². The van der Waals surface area contributed by atoms with Crippen LogP contribution >= 0.6 is 0 Å². The molecule has 0 aliphatic heterocycles. The summed E-state index contributed by atoms with van der Waals surface area (Å²) in [6.07, 6.45) is 1.79. The molecular formula is C18H12FN3. The lowest BCUT2D eigenvalue weighted by Crippen LogP contribution is -1.84. The number of benzene rings is 2. The molecule has 0 amide bonds. The summed E-state index contributed by atoms with van der Waals surface area (Å²) >= 11 is 0. The van der Waals surface area contributed by atoms with E-state index in [1.807, 2.05) is 36.4 Å². The third-order valence-electron chi connectivity index (χ3n) is 3.57. The summed E-state index contributed by atoms with van der Waals surface area (Å²) < 4.78 is 13.9. The average molecular weight is 289 g/mol. The van der Waals surface area contributed by atoms with E-state index in [4.69, 9.17) is 0 Å². The number of imidazole rings is 1. The molecule has 3 nitrogen and oxygen atoms in total. The molecule has 0 aliphatic rings. The van der Waals surface area contributed by atoms with Crippen molar-refractivity contribution in [3.8, 4) is 22.5 Å². The monoisotopic (exact) mass is 289 g/mol. The van der Waals surface area contributed by atoms with Gasteiger partial charge >= 0.3 is 0 Å². The zero-order chi connectivity index (χ0) is 14.9. The SMILES string of the molecule is Fc1ccccc1-c1nc2cc(-c3ccccc3)cnc2[nH]1. The summed E-state index contributed by atoms with van der Waals surface area (Å²) in [6.45, 7) is 0. The van der Waals surface area contributed by atoms with Gasteiger partial charge in [-0.15, -0.1) is 0 Å². The van der Waals surface area contributed by atoms with Gasteiger partial charge in [0.05, 0.1) is 5.56 Å². The maximum atomic E-state index is 13.9. The summed E-state index contributed by atoms with van der Waals surface area (Å²) in [6, 6.07) is 18.5. The topological polar surface area (TPSA) is 41.6 Å². The lowest BCUT2D eigenvalue weighted by Gasteiger charge is -1.99. The summed E-state index contributed by atoms with van der Waals surface area (Å²) in [5, 5.41) is 0. The number of nitrogens with zero attached hydrogens (tertiary/aromatic N) is 2. The van der Waals surface area contributed by atoms with Crippen molar-refractivity contribution in [1.82, 2.24) is 15.0 Å². The molecule has 0 fully saturated rings. The van der Waals surface area contributed by atoms with E-state index in [0.717, 1.165) is 16.6 Å². The Morgan fingerprint density at radius 1 is 0.864 bits per heavy atom. The second-order valence-electron chi connectivity index (χ2n) is 5.02. The van der Waals surface area contributed by atoms with Crippen molar-refractivity contribution in [3.63, 3.8) is 0 Å². The van der Waals surface area contributed by atoms with Crippen LogP contribution in [0.15, 0.2) is 66.9 Å². The van der Waals surface area contributed by atoms with E-state index in [2.05, 4.69) is 15.0 Å². The maximum Gasteiger partial charge on any atom is 0.157 e. The van der Waals surface area contributed by atoms with Gasteiger partial charge in [-0.3, -0.25) is 0 Å². The van der Waals surface area contributed by atoms with Crippen molar-refractivity contribution in [2.24, 2.45) is 0 Å². The number of hydrogen-bond acceptors (Lipinski definition) is 2. The third-order valence-corrected chi connectivity index (χ3v) is 3.57. The molecule has 0 saturated heterocycles. The predicted octanol–water partition coefficient (Wildman–Crippen LogP) is 4.43. The average Bonchev–Trinajstić information content (AvgIpc) is 2.99. The highest BCUT2D eigenvalue weighted by Gasteiger charge is 2.10. The van der Waals surface area contributed by atoms with Crippen LogP contribution in [0.5, 0.6) is 0 Å². The van der Waals surface area contributed by atoms with Gasteiger partial charge in [0, 0.05) is 11.8 Å². The zero-order valence-electron chi connectivity index (χ0n) is 11.6. The van der Waals surface area contributed by atoms with E-state index in [0.29, 0.717) is 17.0 Å². The summed E-state index contributed by atoms with van der Waals surface area (Å²) in [5.74, 6) is 0.190. The number of nitrogens with one attached hydrogen (secondary N) is 1. The molecule has 0 saturated carbocycles. The fraction of sp³-hybridized carbons (Fsp3) is 0. The normalized spacial score (nSPS) is 11.0. The second-order valence-corrected chi connectivity index (χ2v) is 5.02. The highest BCUT2D eigenvalue weighted by atomic mass is 19.1. The molecule has 1 N–H and O–H groups in total. The van der Waals surface area contributed by atoms with Gasteiger partial charge in [0.25, 0.3) is 0 Å². The number of aromatic amines is 1. The summed E-state index contributed by atoms with van der Waals surface area (Å²) in [4.78, 5) is 11.9. The molecule has 2 aromatic carbocycles. The van der Waals surface area contributed by atoms with Crippen LogP contribution in [-0.4, -0.2) is 15.0 Å². The molecule has 4 rings (SSSR count). The Bertz CT molecular complexity index is 945. The van der Waals surface area contributed by atoms with Crippen molar-refractivity contribution < 1.29 is 4.39 Å². The number of H-pyrrole nitrogens is 1. The molecule has 4 heteroatoms. The van der Waals surface area contributed by atoms with Crippen LogP contribution in [0.4, 0.5) is 4.39 Å². The van der Waals surface area contributed by atoms with Crippen molar-refractivity contribution in [2.75, 3.05) is 0 Å². The number of hydrogen-bond donors (Lipinski definition) is 1. The molecule has 2 heterocycles. The van der Waals surface area contributed by atoms with Crippen molar-refractivity contribution in [3.05, 3.63) is 72.7 Å². The molecule has 2 aromatic heterocycles. The van der Waals surface area contributed by atoms with Gasteiger partial charge in [0.15, 0.2) is 5.65 Å². The quantitative estimate of drug-likeness (QED) is 0.593. The van der Waals surface area contributed by atoms with Gasteiger partial charge in [0.1, 0.15) is 17.2 Å². The van der Waals surface area contributed by atoms with E-state index in [1.54, 1.807) is 24.4 Å². The van der Waals surface area contributed by atoms with Gasteiger partial charge < -0.3 is 4.98 Å². The van der Waals surface area contributed by atoms with Crippen LogP contribution in [0.1, 0.15) is 0 Å². The largest absolute Gasteiger partial charge is 0.323 e. The standard InChI is InChI=1S/C18H12FN3/c19-15-9-5-4-8-14(15)17-21-16-10-13(11-20-18(16)22-17)12-6-2-1-3-7-12/h1-11H,(H,20,21,22). The summed E-state index contributed by atoms with van der Waals surface area (Å²) in [7, 11) is 0. The first kappa shape index (κ1) is 12.7. The Morgan fingerprint density at radius 3 is 2.45 bits per heavy atom. The Kier molecular flexibility index (Phi) is 2.93. The number of pyridine rings is 1. The Labute approximate surface area is 126 Å². The molecule has 0 spiro atoms. The molecule has 4 aromatic rings. The smallest absolute Gasteiger partial charge is 0.157 e. The number of fused-ring (bicyclic) bond motifs is 1. The zero-order valence-corrected chi connectivity index (χ0v) is 11.6. The van der Waals surface area contributed by atoms with Crippen LogP contribution in [-0.2, 0) is 0 Å². The fourth-order valence-corrected chi connectivity index (χ4v) is 2.46. The number of aromatic nitrogens is 3. The van der Waals surface area contributed by atoms with Crippen LogP contribution in [0.25, 0.3) is 33.7 Å². The lowest BCUT2D eigenvalue weighted by molar-refractivity contribution is 0.630. The van der Waals surface area contributed by atoms with Crippen molar-refractivity contribution >= 4 is 11.2 Å². The first-order valence-corrected chi connectivity index (χ1v) is 6.97. The van der Waals surface area contributed by atoms with E-state index in [9.17, 15) is 4.39 Å². The minimum absolute atomic E-state index is 0.301. The lowest BCUT2D eigenvalue weighted by atomic mass is 10.1. The Morgan fingerprint density at radius 2 is 1.64 bits per heavy atom. The maximum absolute atomic E-state index is 13.9. The molecule has 0 radical (unpaired) electrons. The number of halogens is 1. The fourth-order valence-electron chi connectivity index (χ4n) is 2.46. The molecule has 22 heavy (non-hydrogen) atoms. The van der Waals surface area contributed by atoms with Crippen molar-refractivity contribution in [2.45, 2.75) is 0 Å². The highest BCUT2D eigenvalue weighted by Crippen LogP contribution is 2.25. The molecule has 0 unspecified atom stereocenters. The third kappa shape index (κ3) is 2.15. The van der Waals surface area contributed by atoms with Crippen LogP contribution in [0.3, 0.4) is 0 Å². The number of rotatable bonds is 2. The Balaban J connectivity index is 1.84. The van der Waals surface area contributed by atoms with E-state index >= 15 is 0 Å². The van der Waals surface area contributed by atoms with Gasteiger partial charge in [-0.2, -0.15) is 0 Å². The second kappa shape index (κ2) is 5.07. The minimum Gasteiger partial charge on any atom is -0.323 e. The first-order valence-electron chi connectivity index (χ1n) is 6.97. The van der Waals surface area contributed by atoms with Crippen LogP contribution in [0.2, 0.25) is 0 Å². The van der Waals surface area contributed by atoms with Crippen molar-refractivity contribution in [1.29, 1.82) is 0 Å². The Hall–Kier alpha value is -3.01. The molecule has 106 valence electrons. The molecular weight excluding hydrogens is 277 g/mol. The van der Waals surface area contributed by atoms with E-state index < -0.39 is 0 Å². The van der Waals surface area contributed by atoms with E-state index in [-0.39, 0.29) is 5.82 Å². The molecule has 0 atom stereocenters. The minimum atomic E-state index is -0.301. The summed E-state index contributed by atoms with van der Waals surface area (Å²) in [5.41, 5.74) is 3.88. The van der Waals surface area contributed by atoms with Gasteiger partial charge in [-0.25, -0.2) is 14.4 Å². The van der Waals surface area contributed by atoms with Gasteiger partial charge in [0.2, 0.25) is 0 Å². The van der Waals surface area contributed by atoms with Gasteiger partial charge in [-0.05, 0) is 23.8 Å². The predicted molar refractivity (Wildman–Crippen MR) is 84.7 cm³/mol. The van der Waals surface area contributed by atoms with Crippen LogP contribution < -0.4 is 0 Å².